The first kappa shape index (κ1) is 8.96. The molecule has 7 heteroatoms. The zero-order chi connectivity index (χ0) is 10.6. The van der Waals surface area contributed by atoms with Gasteiger partial charge in [0, 0.05) is 12.1 Å². The van der Waals surface area contributed by atoms with Gasteiger partial charge in [0.2, 0.25) is 0 Å². The molecule has 0 spiro atoms. The lowest BCUT2D eigenvalue weighted by Crippen LogP contribution is -2.23. The molecule has 2 aliphatic rings. The van der Waals surface area contributed by atoms with Crippen molar-refractivity contribution in [1.29, 1.82) is 0 Å². The van der Waals surface area contributed by atoms with Crippen LogP contribution in [0.15, 0.2) is 18.2 Å². The third kappa shape index (κ3) is 1.28. The van der Waals surface area contributed by atoms with E-state index in [0.29, 0.717) is 17.8 Å². The smallest absolute Gasteiger partial charge is 0.399 e. The number of hydrogen-bond acceptors (Lipinski definition) is 6. The van der Waals surface area contributed by atoms with Crippen molar-refractivity contribution in [2.24, 2.45) is 0 Å². The van der Waals surface area contributed by atoms with Crippen LogP contribution in [0, 0.1) is 0 Å². The predicted octanol–water partition coefficient (Wildman–Crippen LogP) is 0.164. The fraction of sp³-hybridized carbons (Fsp3) is 0.250. The number of anilines is 2. The number of benzene rings is 1. The van der Waals surface area contributed by atoms with Crippen molar-refractivity contribution in [3.8, 4) is 0 Å². The van der Waals surface area contributed by atoms with Gasteiger partial charge in [-0.25, -0.2) is 9.25 Å². The van der Waals surface area contributed by atoms with Gasteiger partial charge in [-0.05, 0) is 23.8 Å². The highest BCUT2D eigenvalue weighted by Crippen LogP contribution is 2.39. The monoisotopic (exact) mass is 228 g/mol. The number of nitrogens with zero attached hydrogens (tertiary/aromatic N) is 1. The molecule has 2 N–H and O–H groups in total. The highest BCUT2D eigenvalue weighted by atomic mass is 32.3. The van der Waals surface area contributed by atoms with E-state index in [2.05, 4.69) is 4.28 Å². The lowest BCUT2D eigenvalue weighted by atomic mass is 10.1. The standard InChI is InChI=1S/C8H8N2O4S/c9-6-1-2-7-5(3-6)4-8-10(7)14-15(11,12)13-8/h1-3,8H,4,9H2. The lowest BCUT2D eigenvalue weighted by molar-refractivity contribution is 0.224. The number of nitrogens with two attached hydrogens (primary N) is 1. The summed E-state index contributed by atoms with van der Waals surface area (Å²) in [6.45, 7) is 0. The molecule has 0 radical (unpaired) electrons. The molecule has 0 amide bonds. The molecular weight excluding hydrogens is 220 g/mol. The molecule has 1 fully saturated rings. The fourth-order valence-corrected chi connectivity index (χ4v) is 2.65. The van der Waals surface area contributed by atoms with Crippen molar-refractivity contribution in [3.63, 3.8) is 0 Å². The Morgan fingerprint density at radius 3 is 3.07 bits per heavy atom. The number of rotatable bonds is 0. The van der Waals surface area contributed by atoms with Crippen molar-refractivity contribution in [2.75, 3.05) is 10.8 Å². The summed E-state index contributed by atoms with van der Waals surface area (Å²) in [5.41, 5.74) is 7.87. The van der Waals surface area contributed by atoms with Crippen LogP contribution in [-0.2, 0) is 25.3 Å². The van der Waals surface area contributed by atoms with E-state index in [1.165, 1.54) is 5.06 Å². The van der Waals surface area contributed by atoms with E-state index in [1.54, 1.807) is 18.2 Å². The van der Waals surface area contributed by atoms with Gasteiger partial charge in [0.15, 0.2) is 6.23 Å². The Hall–Kier alpha value is -1.31. The lowest BCUT2D eigenvalue weighted by Gasteiger charge is -2.10. The van der Waals surface area contributed by atoms with Crippen molar-refractivity contribution < 1.29 is 16.9 Å². The molecule has 0 bridgehead atoms. The van der Waals surface area contributed by atoms with Crippen LogP contribution in [0.4, 0.5) is 11.4 Å². The summed E-state index contributed by atoms with van der Waals surface area (Å²) in [7, 11) is -3.86. The van der Waals surface area contributed by atoms with Crippen LogP contribution in [0.2, 0.25) is 0 Å². The molecule has 2 heterocycles. The number of nitrogen functional groups attached to an aromatic ring is 1. The number of hydroxylamine groups is 1. The van der Waals surface area contributed by atoms with Crippen molar-refractivity contribution >= 4 is 21.8 Å². The van der Waals surface area contributed by atoms with Crippen molar-refractivity contribution in [3.05, 3.63) is 23.8 Å². The van der Waals surface area contributed by atoms with Gasteiger partial charge in [-0.3, -0.25) is 0 Å². The summed E-state index contributed by atoms with van der Waals surface area (Å²) in [6, 6.07) is 5.19. The van der Waals surface area contributed by atoms with E-state index in [4.69, 9.17) is 9.92 Å². The van der Waals surface area contributed by atoms with Gasteiger partial charge in [-0.2, -0.15) is 8.42 Å². The van der Waals surface area contributed by atoms with Crippen LogP contribution >= 0.6 is 0 Å². The van der Waals surface area contributed by atoms with E-state index in [-0.39, 0.29) is 0 Å². The molecule has 1 aromatic carbocycles. The molecule has 1 atom stereocenters. The van der Waals surface area contributed by atoms with Crippen molar-refractivity contribution in [1.82, 2.24) is 0 Å². The molecule has 80 valence electrons. The normalized spacial score (nSPS) is 26.4. The third-order valence-corrected chi connectivity index (χ3v) is 3.20. The fourth-order valence-electron chi connectivity index (χ4n) is 1.82. The van der Waals surface area contributed by atoms with Gasteiger partial charge in [0.05, 0.1) is 5.69 Å². The summed E-state index contributed by atoms with van der Waals surface area (Å²) in [6.07, 6.45) is -0.133. The molecule has 1 saturated heterocycles. The zero-order valence-corrected chi connectivity index (χ0v) is 8.40. The topological polar surface area (TPSA) is 81.9 Å². The minimum atomic E-state index is -3.86. The van der Waals surface area contributed by atoms with E-state index < -0.39 is 16.6 Å². The molecule has 1 aromatic rings. The minimum absolute atomic E-state index is 0.458. The maximum atomic E-state index is 11.0. The van der Waals surface area contributed by atoms with Gasteiger partial charge >= 0.3 is 10.4 Å². The Labute approximate surface area is 86.5 Å². The first-order valence-electron chi connectivity index (χ1n) is 4.36. The van der Waals surface area contributed by atoms with Crippen LogP contribution in [-0.4, -0.2) is 14.6 Å². The Morgan fingerprint density at radius 1 is 1.47 bits per heavy atom. The highest BCUT2D eigenvalue weighted by Gasteiger charge is 2.44. The maximum absolute atomic E-state index is 11.0. The van der Waals surface area contributed by atoms with Gasteiger partial charge in [0.25, 0.3) is 0 Å². The highest BCUT2D eigenvalue weighted by molar-refractivity contribution is 7.82. The average Bonchev–Trinajstić information content (AvgIpc) is 2.55. The second kappa shape index (κ2) is 2.63. The third-order valence-electron chi connectivity index (χ3n) is 2.40. The predicted molar refractivity (Wildman–Crippen MR) is 51.9 cm³/mol. The first-order valence-corrected chi connectivity index (χ1v) is 5.69. The van der Waals surface area contributed by atoms with E-state index in [0.717, 1.165) is 5.56 Å². The second-order valence-corrected chi connectivity index (χ2v) is 4.61. The second-order valence-electron chi connectivity index (χ2n) is 3.45. The maximum Gasteiger partial charge on any atom is 0.423 e. The van der Waals surface area contributed by atoms with Gasteiger partial charge in [-0.15, -0.1) is 4.28 Å². The molecule has 0 saturated carbocycles. The summed E-state index contributed by atoms with van der Waals surface area (Å²) in [4.78, 5) is 0. The van der Waals surface area contributed by atoms with E-state index in [1.807, 2.05) is 0 Å². The molecule has 6 nitrogen and oxygen atoms in total. The molecule has 1 unspecified atom stereocenters. The van der Waals surface area contributed by atoms with Gasteiger partial charge in [0.1, 0.15) is 0 Å². The molecule has 0 aliphatic carbocycles. The van der Waals surface area contributed by atoms with E-state index >= 15 is 0 Å². The molecule has 3 rings (SSSR count). The first-order chi connectivity index (χ1) is 7.05. The summed E-state index contributed by atoms with van der Waals surface area (Å²) in [5, 5.41) is 1.25. The summed E-state index contributed by atoms with van der Waals surface area (Å²) >= 11 is 0. The SMILES string of the molecule is Nc1ccc2c(c1)CC1OS(=O)(=O)ON21. The van der Waals surface area contributed by atoms with Crippen LogP contribution < -0.4 is 10.8 Å². The minimum Gasteiger partial charge on any atom is -0.399 e. The van der Waals surface area contributed by atoms with Crippen molar-refractivity contribution in [2.45, 2.75) is 12.6 Å². The molecule has 15 heavy (non-hydrogen) atoms. The van der Waals surface area contributed by atoms with Crippen LogP contribution in [0.1, 0.15) is 5.56 Å². The van der Waals surface area contributed by atoms with Crippen LogP contribution in [0.25, 0.3) is 0 Å². The largest absolute Gasteiger partial charge is 0.423 e. The number of fused-ring (bicyclic) bond motifs is 3. The Bertz CT molecular complexity index is 527. The van der Waals surface area contributed by atoms with Crippen LogP contribution in [0.3, 0.4) is 0 Å². The molecular formula is C8H8N2O4S. The quantitative estimate of drug-likeness (QED) is 0.637. The zero-order valence-electron chi connectivity index (χ0n) is 7.58. The molecule has 2 aliphatic heterocycles. The summed E-state index contributed by atoms with van der Waals surface area (Å²) < 4.78 is 31.4. The Balaban J connectivity index is 2.07. The van der Waals surface area contributed by atoms with E-state index in [9.17, 15) is 8.42 Å². The average molecular weight is 228 g/mol. The van der Waals surface area contributed by atoms with Gasteiger partial charge < -0.3 is 5.73 Å². The Kier molecular flexibility index (Phi) is 1.57. The molecule has 0 aromatic heterocycles. The Morgan fingerprint density at radius 2 is 2.27 bits per heavy atom. The number of hydrogen-bond donors (Lipinski definition) is 1. The summed E-state index contributed by atoms with van der Waals surface area (Å²) in [5.74, 6) is 0. The van der Waals surface area contributed by atoms with Crippen LogP contribution in [0.5, 0.6) is 0 Å². The van der Waals surface area contributed by atoms with Gasteiger partial charge in [-0.1, -0.05) is 0 Å².